The van der Waals surface area contributed by atoms with Crippen LogP contribution in [0.25, 0.3) is 0 Å². The second-order valence-electron chi connectivity index (χ2n) is 6.14. The molecule has 5 heteroatoms. The van der Waals surface area contributed by atoms with Crippen LogP contribution in [0.5, 0.6) is 0 Å². The number of hydrogen-bond acceptors (Lipinski definition) is 3. The molecule has 20 heavy (non-hydrogen) atoms. The monoisotopic (exact) mass is 277 g/mol. The molecule has 0 saturated carbocycles. The summed E-state index contributed by atoms with van der Waals surface area (Å²) in [5, 5.41) is 2.83. The van der Waals surface area contributed by atoms with Gasteiger partial charge < -0.3 is 16.8 Å². The predicted octanol–water partition coefficient (Wildman–Crippen LogP) is 1.42. The fraction of sp³-hybridized carbons (Fsp3) is 0.467. The van der Waals surface area contributed by atoms with Crippen molar-refractivity contribution in [3.05, 3.63) is 29.8 Å². The molecule has 0 unspecified atom stereocenters. The van der Waals surface area contributed by atoms with Gasteiger partial charge in [-0.2, -0.15) is 0 Å². The molecule has 1 aromatic carbocycles. The van der Waals surface area contributed by atoms with Crippen LogP contribution in [0.2, 0.25) is 0 Å². The number of hydrogen-bond donors (Lipinski definition) is 3. The Morgan fingerprint density at radius 3 is 2.00 bits per heavy atom. The predicted molar refractivity (Wildman–Crippen MR) is 80.0 cm³/mol. The summed E-state index contributed by atoms with van der Waals surface area (Å²) in [6.07, 6.45) is 0.190. The van der Waals surface area contributed by atoms with Gasteiger partial charge in [0.25, 0.3) is 0 Å². The van der Waals surface area contributed by atoms with Gasteiger partial charge in [0.2, 0.25) is 11.8 Å². The van der Waals surface area contributed by atoms with E-state index in [-0.39, 0.29) is 18.2 Å². The Bertz CT molecular complexity index is 499. The molecular weight excluding hydrogens is 254 g/mol. The van der Waals surface area contributed by atoms with E-state index in [0.717, 1.165) is 5.56 Å². The minimum Gasteiger partial charge on any atom is -0.369 e. The summed E-state index contributed by atoms with van der Waals surface area (Å²) in [5.74, 6) is -0.527. The van der Waals surface area contributed by atoms with Crippen LogP contribution in [0.1, 0.15) is 33.3 Å². The molecule has 5 nitrogen and oxygen atoms in total. The molecule has 110 valence electrons. The summed E-state index contributed by atoms with van der Waals surface area (Å²) in [4.78, 5) is 23.1. The third kappa shape index (κ3) is 3.81. The van der Waals surface area contributed by atoms with Gasteiger partial charge in [0, 0.05) is 11.2 Å². The van der Waals surface area contributed by atoms with Gasteiger partial charge >= 0.3 is 0 Å². The summed E-state index contributed by atoms with van der Waals surface area (Å²) < 4.78 is 0. The summed E-state index contributed by atoms with van der Waals surface area (Å²) in [5.41, 5.74) is 11.3. The molecule has 0 atom stereocenters. The number of primary amides is 1. The van der Waals surface area contributed by atoms with Crippen LogP contribution < -0.4 is 16.8 Å². The van der Waals surface area contributed by atoms with Crippen LogP contribution in [0.4, 0.5) is 5.69 Å². The van der Waals surface area contributed by atoms with Crippen molar-refractivity contribution in [3.63, 3.8) is 0 Å². The summed E-state index contributed by atoms with van der Waals surface area (Å²) in [7, 11) is 0. The average molecular weight is 277 g/mol. The first-order valence-corrected chi connectivity index (χ1v) is 6.51. The maximum Gasteiger partial charge on any atom is 0.231 e. The standard InChI is InChI=1S/C15H23N3O2/c1-14(2,15(3,4)17)13(20)18-11-7-5-10(6-8-11)9-12(16)19/h5-8H,9,17H2,1-4H3,(H2,16,19)(H,18,20). The summed E-state index contributed by atoms with van der Waals surface area (Å²) in [6, 6.07) is 7.02. The highest BCUT2D eigenvalue weighted by Gasteiger charge is 2.40. The number of nitrogens with two attached hydrogens (primary N) is 2. The molecule has 0 heterocycles. The van der Waals surface area contributed by atoms with Crippen molar-refractivity contribution >= 4 is 17.5 Å². The molecule has 0 aliphatic carbocycles. The van der Waals surface area contributed by atoms with Crippen LogP contribution in [0.15, 0.2) is 24.3 Å². The number of rotatable bonds is 5. The molecule has 2 amide bonds. The zero-order valence-corrected chi connectivity index (χ0v) is 12.5. The number of benzene rings is 1. The van der Waals surface area contributed by atoms with Crippen molar-refractivity contribution in [3.8, 4) is 0 Å². The van der Waals surface area contributed by atoms with E-state index in [1.54, 1.807) is 24.3 Å². The second-order valence-corrected chi connectivity index (χ2v) is 6.14. The van der Waals surface area contributed by atoms with Gasteiger partial charge in [-0.3, -0.25) is 9.59 Å². The second kappa shape index (κ2) is 5.63. The average Bonchev–Trinajstić information content (AvgIpc) is 2.29. The molecule has 1 rings (SSSR count). The van der Waals surface area contributed by atoms with Crippen molar-refractivity contribution in [2.75, 3.05) is 5.32 Å². The van der Waals surface area contributed by atoms with E-state index in [1.165, 1.54) is 0 Å². The summed E-state index contributed by atoms with van der Waals surface area (Å²) >= 11 is 0. The highest BCUT2D eigenvalue weighted by molar-refractivity contribution is 5.95. The molecule has 0 aliphatic heterocycles. The highest BCUT2D eigenvalue weighted by Crippen LogP contribution is 2.29. The topological polar surface area (TPSA) is 98.2 Å². The lowest BCUT2D eigenvalue weighted by atomic mass is 9.74. The normalized spacial score (nSPS) is 12.1. The largest absolute Gasteiger partial charge is 0.369 e. The molecule has 5 N–H and O–H groups in total. The summed E-state index contributed by atoms with van der Waals surface area (Å²) in [6.45, 7) is 7.26. The molecule has 0 aliphatic rings. The van der Waals surface area contributed by atoms with Crippen LogP contribution in [-0.4, -0.2) is 17.4 Å². The van der Waals surface area contributed by atoms with Crippen LogP contribution in [-0.2, 0) is 16.0 Å². The minimum absolute atomic E-state index is 0.146. The lowest BCUT2D eigenvalue weighted by Crippen LogP contribution is -2.53. The van der Waals surface area contributed by atoms with Gasteiger partial charge in [0.15, 0.2) is 0 Å². The van der Waals surface area contributed by atoms with E-state index >= 15 is 0 Å². The molecule has 0 fully saturated rings. The quantitative estimate of drug-likeness (QED) is 0.759. The first-order chi connectivity index (χ1) is 9.04. The SMILES string of the molecule is CC(C)(N)C(C)(C)C(=O)Nc1ccc(CC(N)=O)cc1. The first kappa shape index (κ1) is 16.2. The smallest absolute Gasteiger partial charge is 0.231 e. The lowest BCUT2D eigenvalue weighted by Gasteiger charge is -2.36. The number of amides is 2. The van der Waals surface area contributed by atoms with Gasteiger partial charge in [-0.1, -0.05) is 12.1 Å². The van der Waals surface area contributed by atoms with Gasteiger partial charge in [-0.15, -0.1) is 0 Å². The van der Waals surface area contributed by atoms with Crippen molar-refractivity contribution in [1.82, 2.24) is 0 Å². The first-order valence-electron chi connectivity index (χ1n) is 6.51. The van der Waals surface area contributed by atoms with E-state index < -0.39 is 11.0 Å². The molecule has 0 spiro atoms. The van der Waals surface area contributed by atoms with Crippen LogP contribution in [0.3, 0.4) is 0 Å². The lowest BCUT2D eigenvalue weighted by molar-refractivity contribution is -0.126. The third-order valence-corrected chi connectivity index (χ3v) is 3.77. The Morgan fingerprint density at radius 1 is 1.10 bits per heavy atom. The zero-order chi connectivity index (χ0) is 15.6. The Balaban J connectivity index is 2.79. The Labute approximate surface area is 119 Å². The third-order valence-electron chi connectivity index (χ3n) is 3.77. The fourth-order valence-corrected chi connectivity index (χ4v) is 1.49. The molecule has 0 bridgehead atoms. The van der Waals surface area contributed by atoms with E-state index in [1.807, 2.05) is 27.7 Å². The number of anilines is 1. The van der Waals surface area contributed by atoms with Gasteiger partial charge in [-0.25, -0.2) is 0 Å². The van der Waals surface area contributed by atoms with E-state index in [9.17, 15) is 9.59 Å². The maximum absolute atomic E-state index is 12.3. The molecule has 0 aromatic heterocycles. The molecule has 0 saturated heterocycles. The Hall–Kier alpha value is -1.88. The van der Waals surface area contributed by atoms with E-state index in [4.69, 9.17) is 11.5 Å². The number of carbonyl (C=O) groups is 2. The van der Waals surface area contributed by atoms with Crippen molar-refractivity contribution < 1.29 is 9.59 Å². The molecule has 1 aromatic rings. The van der Waals surface area contributed by atoms with Crippen molar-refractivity contribution in [2.24, 2.45) is 16.9 Å². The van der Waals surface area contributed by atoms with Crippen LogP contribution in [0, 0.1) is 5.41 Å². The van der Waals surface area contributed by atoms with E-state index in [0.29, 0.717) is 5.69 Å². The van der Waals surface area contributed by atoms with Gasteiger partial charge in [-0.05, 0) is 45.4 Å². The van der Waals surface area contributed by atoms with Crippen molar-refractivity contribution in [2.45, 2.75) is 39.7 Å². The zero-order valence-electron chi connectivity index (χ0n) is 12.5. The minimum atomic E-state index is -0.709. The highest BCUT2D eigenvalue weighted by atomic mass is 16.2. The fourth-order valence-electron chi connectivity index (χ4n) is 1.49. The Kier molecular flexibility index (Phi) is 4.55. The Morgan fingerprint density at radius 2 is 1.60 bits per heavy atom. The number of nitrogens with one attached hydrogen (secondary N) is 1. The van der Waals surface area contributed by atoms with Crippen molar-refractivity contribution in [1.29, 1.82) is 0 Å². The number of carbonyl (C=O) groups excluding carboxylic acids is 2. The van der Waals surface area contributed by atoms with E-state index in [2.05, 4.69) is 5.32 Å². The van der Waals surface area contributed by atoms with Gasteiger partial charge in [0.1, 0.15) is 0 Å². The van der Waals surface area contributed by atoms with Crippen LogP contribution >= 0.6 is 0 Å². The maximum atomic E-state index is 12.3. The van der Waals surface area contributed by atoms with Gasteiger partial charge in [0.05, 0.1) is 11.8 Å². The molecular formula is C15H23N3O2. The molecule has 0 radical (unpaired) electrons.